The Morgan fingerprint density at radius 2 is 2.11 bits per heavy atom. The Morgan fingerprint density at radius 3 is 2.72 bits per heavy atom. The third-order valence-electron chi connectivity index (χ3n) is 2.35. The van der Waals surface area contributed by atoms with Crippen LogP contribution in [0.5, 0.6) is 6.01 Å². The number of nitrogens with zero attached hydrogens (tertiary/aromatic N) is 3. The van der Waals surface area contributed by atoms with Gasteiger partial charge in [-0.25, -0.2) is 0 Å². The second-order valence-corrected chi connectivity index (χ2v) is 5.14. The Labute approximate surface area is 109 Å². The SMILES string of the molecule is COc1nc(N)nc(NC(C)c2ccc(C)s2)n1. The lowest BCUT2D eigenvalue weighted by atomic mass is 10.3. The van der Waals surface area contributed by atoms with Gasteiger partial charge in [0, 0.05) is 9.75 Å². The fourth-order valence-electron chi connectivity index (χ4n) is 1.48. The molecule has 0 spiro atoms. The van der Waals surface area contributed by atoms with E-state index in [9.17, 15) is 0 Å². The molecule has 0 aliphatic rings. The van der Waals surface area contributed by atoms with E-state index in [2.05, 4.69) is 39.3 Å². The molecule has 96 valence electrons. The van der Waals surface area contributed by atoms with E-state index in [1.807, 2.05) is 6.92 Å². The largest absolute Gasteiger partial charge is 0.467 e. The highest BCUT2D eigenvalue weighted by Gasteiger charge is 2.11. The summed E-state index contributed by atoms with van der Waals surface area (Å²) in [5, 5.41) is 3.18. The van der Waals surface area contributed by atoms with E-state index in [0.717, 1.165) is 0 Å². The summed E-state index contributed by atoms with van der Waals surface area (Å²) in [6.45, 7) is 4.11. The second-order valence-electron chi connectivity index (χ2n) is 3.82. The van der Waals surface area contributed by atoms with Gasteiger partial charge in [-0.2, -0.15) is 15.0 Å². The van der Waals surface area contributed by atoms with Crippen LogP contribution in [0.15, 0.2) is 12.1 Å². The fraction of sp³-hybridized carbons (Fsp3) is 0.364. The number of hydrogen-bond donors (Lipinski definition) is 2. The molecule has 0 aliphatic heterocycles. The lowest BCUT2D eigenvalue weighted by Crippen LogP contribution is -2.11. The highest BCUT2D eigenvalue weighted by Crippen LogP contribution is 2.25. The molecule has 2 aromatic rings. The summed E-state index contributed by atoms with van der Waals surface area (Å²) in [5.74, 6) is 0.553. The quantitative estimate of drug-likeness (QED) is 0.879. The van der Waals surface area contributed by atoms with Gasteiger partial charge in [-0.15, -0.1) is 11.3 Å². The summed E-state index contributed by atoms with van der Waals surface area (Å²) in [4.78, 5) is 14.4. The molecule has 3 N–H and O–H groups in total. The summed E-state index contributed by atoms with van der Waals surface area (Å²) in [5.41, 5.74) is 5.57. The molecule has 18 heavy (non-hydrogen) atoms. The van der Waals surface area contributed by atoms with Gasteiger partial charge in [-0.3, -0.25) is 0 Å². The van der Waals surface area contributed by atoms with Gasteiger partial charge in [0.25, 0.3) is 0 Å². The van der Waals surface area contributed by atoms with Crippen molar-refractivity contribution in [3.05, 3.63) is 21.9 Å². The highest BCUT2D eigenvalue weighted by atomic mass is 32.1. The van der Waals surface area contributed by atoms with Crippen molar-refractivity contribution in [2.45, 2.75) is 19.9 Å². The van der Waals surface area contributed by atoms with Crippen LogP contribution in [-0.4, -0.2) is 22.1 Å². The van der Waals surface area contributed by atoms with Crippen molar-refractivity contribution in [1.29, 1.82) is 0 Å². The fourth-order valence-corrected chi connectivity index (χ4v) is 2.36. The number of aryl methyl sites for hydroxylation is 1. The number of hydrogen-bond acceptors (Lipinski definition) is 7. The van der Waals surface area contributed by atoms with Crippen LogP contribution >= 0.6 is 11.3 Å². The zero-order valence-corrected chi connectivity index (χ0v) is 11.3. The van der Waals surface area contributed by atoms with E-state index < -0.39 is 0 Å². The van der Waals surface area contributed by atoms with Crippen molar-refractivity contribution in [3.8, 4) is 6.01 Å². The number of nitrogen functional groups attached to an aromatic ring is 1. The molecular weight excluding hydrogens is 250 g/mol. The number of nitrogens with two attached hydrogens (primary N) is 1. The molecular formula is C11H15N5OS. The van der Waals surface area contributed by atoms with Crippen molar-refractivity contribution in [2.24, 2.45) is 0 Å². The van der Waals surface area contributed by atoms with Crippen molar-refractivity contribution in [2.75, 3.05) is 18.2 Å². The molecule has 2 heterocycles. The average Bonchev–Trinajstić information content (AvgIpc) is 2.75. The maximum Gasteiger partial charge on any atom is 0.322 e. The number of nitrogens with one attached hydrogen (secondary N) is 1. The van der Waals surface area contributed by atoms with E-state index >= 15 is 0 Å². The lowest BCUT2D eigenvalue weighted by molar-refractivity contribution is 0.379. The van der Waals surface area contributed by atoms with Crippen LogP contribution in [0.2, 0.25) is 0 Å². The average molecular weight is 265 g/mol. The Balaban J connectivity index is 2.16. The molecule has 0 amide bonds. The number of aromatic nitrogens is 3. The molecule has 0 saturated carbocycles. The summed E-state index contributed by atoms with van der Waals surface area (Å²) >= 11 is 1.73. The zero-order chi connectivity index (χ0) is 13.1. The Bertz CT molecular complexity index is 542. The topological polar surface area (TPSA) is 86.0 Å². The zero-order valence-electron chi connectivity index (χ0n) is 10.5. The van der Waals surface area contributed by atoms with Crippen molar-refractivity contribution < 1.29 is 4.74 Å². The summed E-state index contributed by atoms with van der Waals surface area (Å²) in [6.07, 6.45) is 0. The van der Waals surface area contributed by atoms with Crippen LogP contribution in [0.4, 0.5) is 11.9 Å². The smallest absolute Gasteiger partial charge is 0.322 e. The number of anilines is 2. The lowest BCUT2D eigenvalue weighted by Gasteiger charge is -2.12. The Morgan fingerprint density at radius 1 is 1.33 bits per heavy atom. The maximum atomic E-state index is 5.57. The molecule has 6 nitrogen and oxygen atoms in total. The van der Waals surface area contributed by atoms with E-state index in [1.54, 1.807) is 11.3 Å². The molecule has 0 bridgehead atoms. The first-order valence-electron chi connectivity index (χ1n) is 5.47. The number of thiophene rings is 1. The molecule has 2 aromatic heterocycles. The van der Waals surface area contributed by atoms with Crippen LogP contribution in [0, 0.1) is 6.92 Å². The highest BCUT2D eigenvalue weighted by molar-refractivity contribution is 7.12. The van der Waals surface area contributed by atoms with E-state index in [0.29, 0.717) is 5.95 Å². The first kappa shape index (κ1) is 12.6. The van der Waals surface area contributed by atoms with Crippen LogP contribution < -0.4 is 15.8 Å². The standard InChI is InChI=1S/C11H15N5OS/c1-6-4-5-8(18-6)7(2)13-10-14-9(12)15-11(16-10)17-3/h4-5,7H,1-3H3,(H3,12,13,14,15,16). The third-order valence-corrected chi connectivity index (χ3v) is 3.53. The van der Waals surface area contributed by atoms with Gasteiger partial charge in [0.2, 0.25) is 11.9 Å². The van der Waals surface area contributed by atoms with Crippen molar-refractivity contribution >= 4 is 23.2 Å². The van der Waals surface area contributed by atoms with Gasteiger partial charge in [-0.05, 0) is 26.0 Å². The molecule has 2 rings (SSSR count). The van der Waals surface area contributed by atoms with Crippen LogP contribution in [-0.2, 0) is 0 Å². The van der Waals surface area contributed by atoms with Gasteiger partial charge in [0.15, 0.2) is 0 Å². The third kappa shape index (κ3) is 2.86. The minimum atomic E-state index is 0.107. The Hall–Kier alpha value is -1.89. The minimum absolute atomic E-state index is 0.107. The van der Waals surface area contributed by atoms with Crippen LogP contribution in [0.1, 0.15) is 22.7 Å². The van der Waals surface area contributed by atoms with Crippen molar-refractivity contribution in [1.82, 2.24) is 15.0 Å². The number of ether oxygens (including phenoxy) is 1. The van der Waals surface area contributed by atoms with Gasteiger partial charge in [-0.1, -0.05) is 0 Å². The predicted octanol–water partition coefficient (Wildman–Crippen LogP) is 2.01. The summed E-state index contributed by atoms with van der Waals surface area (Å²) in [6, 6.07) is 4.48. The normalized spacial score (nSPS) is 12.2. The minimum Gasteiger partial charge on any atom is -0.467 e. The maximum absolute atomic E-state index is 5.57. The van der Waals surface area contributed by atoms with E-state index in [-0.39, 0.29) is 18.0 Å². The summed E-state index contributed by atoms with van der Waals surface area (Å²) < 4.78 is 4.95. The molecule has 0 saturated heterocycles. The monoisotopic (exact) mass is 265 g/mol. The van der Waals surface area contributed by atoms with Gasteiger partial charge >= 0.3 is 6.01 Å². The molecule has 0 aliphatic carbocycles. The molecule has 0 fully saturated rings. The molecule has 0 aromatic carbocycles. The van der Waals surface area contributed by atoms with E-state index in [4.69, 9.17) is 10.5 Å². The molecule has 7 heteroatoms. The summed E-state index contributed by atoms with van der Waals surface area (Å²) in [7, 11) is 1.49. The number of rotatable bonds is 4. The second kappa shape index (κ2) is 5.18. The molecule has 1 atom stereocenters. The molecule has 0 radical (unpaired) electrons. The first-order valence-corrected chi connectivity index (χ1v) is 6.28. The van der Waals surface area contributed by atoms with Crippen LogP contribution in [0.25, 0.3) is 0 Å². The van der Waals surface area contributed by atoms with Gasteiger partial charge < -0.3 is 15.8 Å². The first-order chi connectivity index (χ1) is 8.58. The Kier molecular flexibility index (Phi) is 3.61. The number of methoxy groups -OCH3 is 1. The van der Waals surface area contributed by atoms with Gasteiger partial charge in [0.1, 0.15) is 0 Å². The predicted molar refractivity (Wildman–Crippen MR) is 71.9 cm³/mol. The van der Waals surface area contributed by atoms with E-state index in [1.165, 1.54) is 16.9 Å². The van der Waals surface area contributed by atoms with Crippen molar-refractivity contribution in [3.63, 3.8) is 0 Å². The van der Waals surface area contributed by atoms with Crippen LogP contribution in [0.3, 0.4) is 0 Å². The van der Waals surface area contributed by atoms with Gasteiger partial charge in [0.05, 0.1) is 13.2 Å². The molecule has 1 unspecified atom stereocenters.